The number of nitrogens with zero attached hydrogens (tertiary/aromatic N) is 5. The summed E-state index contributed by atoms with van der Waals surface area (Å²) in [7, 11) is 0. The van der Waals surface area contributed by atoms with E-state index in [1.807, 2.05) is 32.0 Å². The molecule has 0 bridgehead atoms. The molecule has 164 valence electrons. The molecule has 3 heterocycles. The molecule has 0 aliphatic rings. The predicted molar refractivity (Wildman–Crippen MR) is 119 cm³/mol. The number of nitrogen functional groups attached to an aromatic ring is 1. The molecular formula is C23H24N6O3. The fourth-order valence-corrected chi connectivity index (χ4v) is 3.26. The first-order valence-electron chi connectivity index (χ1n) is 10.1. The van der Waals surface area contributed by atoms with Crippen molar-refractivity contribution in [3.8, 4) is 17.7 Å². The van der Waals surface area contributed by atoms with E-state index in [1.165, 1.54) is 0 Å². The normalized spacial score (nSPS) is 14.2. The topological polar surface area (TPSA) is 136 Å². The Kier molecular flexibility index (Phi) is 5.42. The summed E-state index contributed by atoms with van der Waals surface area (Å²) in [5, 5.41) is 30.7. The van der Waals surface area contributed by atoms with Crippen molar-refractivity contribution >= 4 is 16.9 Å². The lowest BCUT2D eigenvalue weighted by Crippen LogP contribution is -2.18. The Balaban J connectivity index is 1.83. The monoisotopic (exact) mass is 432 g/mol. The van der Waals surface area contributed by atoms with E-state index in [2.05, 4.69) is 32.1 Å². The van der Waals surface area contributed by atoms with Gasteiger partial charge in [-0.15, -0.1) is 0 Å². The van der Waals surface area contributed by atoms with Crippen molar-refractivity contribution in [1.29, 1.82) is 0 Å². The van der Waals surface area contributed by atoms with Crippen molar-refractivity contribution in [2.45, 2.75) is 39.4 Å². The first kappa shape index (κ1) is 21.5. The van der Waals surface area contributed by atoms with E-state index >= 15 is 0 Å². The molecule has 4 N–H and O–H groups in total. The van der Waals surface area contributed by atoms with Crippen molar-refractivity contribution in [2.75, 3.05) is 5.73 Å². The summed E-state index contributed by atoms with van der Waals surface area (Å²) in [6.07, 6.45) is 0.788. The molecule has 32 heavy (non-hydrogen) atoms. The maximum Gasteiger partial charge on any atom is 0.221 e. The van der Waals surface area contributed by atoms with Gasteiger partial charge in [0.25, 0.3) is 0 Å². The van der Waals surface area contributed by atoms with Crippen molar-refractivity contribution in [3.63, 3.8) is 0 Å². The number of benzene rings is 1. The minimum absolute atomic E-state index is 0.0301. The fourth-order valence-electron chi connectivity index (χ4n) is 3.26. The second-order valence-electron chi connectivity index (χ2n) is 8.14. The van der Waals surface area contributed by atoms with Crippen molar-refractivity contribution in [2.24, 2.45) is 5.92 Å². The maximum atomic E-state index is 10.7. The van der Waals surface area contributed by atoms with E-state index in [0.29, 0.717) is 34.0 Å². The highest BCUT2D eigenvalue weighted by Crippen LogP contribution is 2.30. The van der Waals surface area contributed by atoms with Crippen LogP contribution in [0.25, 0.3) is 16.7 Å². The summed E-state index contributed by atoms with van der Waals surface area (Å²) in [6, 6.07) is 8.82. The molecule has 2 atom stereocenters. The number of fused-ring (bicyclic) bond motifs is 1. The molecule has 0 saturated heterocycles. The Labute approximate surface area is 184 Å². The van der Waals surface area contributed by atoms with Crippen LogP contribution < -0.4 is 5.73 Å². The number of aliphatic hydroxyl groups excluding tert-OH is 1. The number of aryl methyl sites for hydroxylation is 1. The van der Waals surface area contributed by atoms with Gasteiger partial charge >= 0.3 is 0 Å². The van der Waals surface area contributed by atoms with Crippen LogP contribution in [0.15, 0.2) is 41.1 Å². The zero-order valence-corrected chi connectivity index (χ0v) is 18.2. The highest BCUT2D eigenvalue weighted by Gasteiger charge is 2.25. The van der Waals surface area contributed by atoms with Gasteiger partial charge in [0.2, 0.25) is 5.95 Å². The van der Waals surface area contributed by atoms with Crippen LogP contribution in [0.4, 0.5) is 5.95 Å². The second-order valence-corrected chi connectivity index (χ2v) is 8.14. The molecule has 0 aliphatic carbocycles. The number of aromatic nitrogens is 5. The Morgan fingerprint density at radius 1 is 1.22 bits per heavy atom. The van der Waals surface area contributed by atoms with Crippen molar-refractivity contribution in [1.82, 2.24) is 24.9 Å². The molecule has 0 radical (unpaired) electrons. The third-order valence-electron chi connectivity index (χ3n) is 5.07. The highest BCUT2D eigenvalue weighted by molar-refractivity contribution is 5.85. The number of anilines is 1. The molecular weight excluding hydrogens is 408 g/mol. The van der Waals surface area contributed by atoms with Crippen molar-refractivity contribution in [3.05, 3.63) is 59.2 Å². The summed E-state index contributed by atoms with van der Waals surface area (Å²) in [6.45, 7) is 7.15. The number of rotatable bonds is 4. The lowest BCUT2D eigenvalue weighted by Gasteiger charge is -2.12. The Bertz CT molecular complexity index is 1340. The third-order valence-corrected chi connectivity index (χ3v) is 5.07. The fraction of sp³-hybridized carbons (Fsp3) is 0.304. The van der Waals surface area contributed by atoms with Gasteiger partial charge in [-0.3, -0.25) is 0 Å². The first-order valence-corrected chi connectivity index (χ1v) is 10.1. The van der Waals surface area contributed by atoms with Crippen LogP contribution >= 0.6 is 0 Å². The Morgan fingerprint density at radius 3 is 2.66 bits per heavy atom. The summed E-state index contributed by atoms with van der Waals surface area (Å²) in [4.78, 5) is 8.19. The summed E-state index contributed by atoms with van der Waals surface area (Å²) in [5.41, 5.74) is 6.50. The number of hydrogen-bond acceptors (Lipinski definition) is 8. The summed E-state index contributed by atoms with van der Waals surface area (Å²) < 4.78 is 6.65. The van der Waals surface area contributed by atoms with Gasteiger partial charge in [-0.25, -0.2) is 9.67 Å². The molecule has 2 unspecified atom stereocenters. The van der Waals surface area contributed by atoms with Gasteiger partial charge in [0.05, 0.1) is 11.2 Å². The SMILES string of the molecule is Cc1cc(C(C)(O)C#Cc2ccc3c(C(O)C(C)C)nn(-c4ccnc(N)n4)c3c2)no1. The van der Waals surface area contributed by atoms with Gasteiger partial charge in [-0.2, -0.15) is 10.1 Å². The molecule has 9 nitrogen and oxygen atoms in total. The van der Waals surface area contributed by atoms with Crippen molar-refractivity contribution < 1.29 is 14.7 Å². The van der Waals surface area contributed by atoms with E-state index in [-0.39, 0.29) is 11.9 Å². The molecule has 0 amide bonds. The van der Waals surface area contributed by atoms with Crippen LogP contribution in [-0.2, 0) is 5.60 Å². The number of nitrogens with two attached hydrogens (primary N) is 1. The van der Waals surface area contributed by atoms with Gasteiger partial charge < -0.3 is 20.5 Å². The smallest absolute Gasteiger partial charge is 0.221 e. The van der Waals surface area contributed by atoms with E-state index in [9.17, 15) is 10.2 Å². The van der Waals surface area contributed by atoms with Crippen LogP contribution in [0.1, 0.15) is 49.6 Å². The molecule has 0 spiro atoms. The standard InChI is InChI=1S/C23H24N6O3/c1-13(2)21(30)20-16-6-5-15(7-9-23(4,31)18-11-14(3)32-28-18)12-17(16)29(27-20)19-8-10-25-22(24)26-19/h5-6,8,10-13,21,30-31H,1-4H3,(H2,24,25,26). The minimum atomic E-state index is -1.48. The quantitative estimate of drug-likeness (QED) is 0.419. The first-order chi connectivity index (χ1) is 15.2. The average Bonchev–Trinajstić information content (AvgIpc) is 3.36. The lowest BCUT2D eigenvalue weighted by molar-refractivity contribution is 0.112. The predicted octanol–water partition coefficient (Wildman–Crippen LogP) is 2.64. The zero-order chi connectivity index (χ0) is 23.0. The van der Waals surface area contributed by atoms with E-state index in [0.717, 1.165) is 5.39 Å². The van der Waals surface area contributed by atoms with Crippen LogP contribution in [-0.4, -0.2) is 35.1 Å². The molecule has 3 aromatic heterocycles. The van der Waals surface area contributed by atoms with Crippen LogP contribution in [0.5, 0.6) is 0 Å². The molecule has 0 aliphatic heterocycles. The van der Waals surface area contributed by atoms with Gasteiger partial charge in [-0.05, 0) is 38.0 Å². The number of aliphatic hydroxyl groups is 2. The van der Waals surface area contributed by atoms with Crippen LogP contribution in [0.2, 0.25) is 0 Å². The van der Waals surface area contributed by atoms with Gasteiger partial charge in [0, 0.05) is 29.3 Å². The lowest BCUT2D eigenvalue weighted by atomic mass is 10.00. The van der Waals surface area contributed by atoms with E-state index < -0.39 is 11.7 Å². The second kappa shape index (κ2) is 8.07. The molecule has 1 aromatic carbocycles. The van der Waals surface area contributed by atoms with E-state index in [4.69, 9.17) is 10.3 Å². The highest BCUT2D eigenvalue weighted by atomic mass is 16.5. The largest absolute Gasteiger partial charge is 0.386 e. The van der Waals surface area contributed by atoms with Gasteiger partial charge in [-0.1, -0.05) is 30.8 Å². The zero-order valence-electron chi connectivity index (χ0n) is 18.2. The molecule has 0 saturated carbocycles. The number of hydrogen-bond donors (Lipinski definition) is 3. The summed E-state index contributed by atoms with van der Waals surface area (Å²) >= 11 is 0. The average molecular weight is 432 g/mol. The van der Waals surface area contributed by atoms with Crippen LogP contribution in [0.3, 0.4) is 0 Å². The molecule has 9 heteroatoms. The third kappa shape index (κ3) is 4.06. The van der Waals surface area contributed by atoms with Crippen LogP contribution in [0, 0.1) is 24.7 Å². The Morgan fingerprint density at radius 2 is 2.00 bits per heavy atom. The van der Waals surface area contributed by atoms with Gasteiger partial charge in [0.15, 0.2) is 11.4 Å². The van der Waals surface area contributed by atoms with E-state index in [1.54, 1.807) is 36.9 Å². The van der Waals surface area contributed by atoms with Gasteiger partial charge in [0.1, 0.15) is 17.6 Å². The molecule has 4 rings (SSSR count). The Hall–Kier alpha value is -3.74. The maximum absolute atomic E-state index is 10.7. The minimum Gasteiger partial charge on any atom is -0.386 e. The summed E-state index contributed by atoms with van der Waals surface area (Å²) in [5.74, 6) is 6.99. The molecule has 4 aromatic rings. The molecule has 0 fully saturated rings.